The lowest BCUT2D eigenvalue weighted by Crippen LogP contribution is -1.96. The molecule has 0 saturated carbocycles. The van der Waals surface area contributed by atoms with Crippen molar-refractivity contribution in [1.29, 1.82) is 0 Å². The van der Waals surface area contributed by atoms with Gasteiger partial charge in [0.2, 0.25) is 0 Å². The normalized spacial score (nSPS) is 13.0. The predicted octanol–water partition coefficient (Wildman–Crippen LogP) is 3.00. The first-order valence-corrected chi connectivity index (χ1v) is 4.00. The molecule has 0 aliphatic carbocycles. The van der Waals surface area contributed by atoms with Gasteiger partial charge in [0.25, 0.3) is 0 Å². The predicted molar refractivity (Wildman–Crippen MR) is 45.4 cm³/mol. The van der Waals surface area contributed by atoms with Crippen molar-refractivity contribution < 1.29 is 4.39 Å². The zero-order valence-electron chi connectivity index (χ0n) is 6.35. The van der Waals surface area contributed by atoms with Crippen molar-refractivity contribution in [2.45, 2.75) is 18.7 Å². The molecular formula is C9H10ClF. The third-order valence-corrected chi connectivity index (χ3v) is 1.58. The van der Waals surface area contributed by atoms with Gasteiger partial charge in [-0.15, -0.1) is 11.6 Å². The van der Waals surface area contributed by atoms with Crippen molar-refractivity contribution in [3.8, 4) is 0 Å². The number of halogens is 2. The molecule has 0 nitrogen and oxygen atoms in total. The summed E-state index contributed by atoms with van der Waals surface area (Å²) >= 11 is 5.76. The SMILES string of the molecule is C[C@@H](Cl)Cc1ccc(F)cc1. The molecule has 0 N–H and O–H groups in total. The summed E-state index contributed by atoms with van der Waals surface area (Å²) < 4.78 is 12.4. The Labute approximate surface area is 71.0 Å². The van der Waals surface area contributed by atoms with E-state index in [1.165, 1.54) is 12.1 Å². The molecule has 11 heavy (non-hydrogen) atoms. The molecule has 0 aliphatic heterocycles. The Balaban J connectivity index is 2.66. The van der Waals surface area contributed by atoms with E-state index in [4.69, 9.17) is 11.6 Å². The first-order valence-electron chi connectivity index (χ1n) is 3.57. The van der Waals surface area contributed by atoms with Crippen LogP contribution in [0.15, 0.2) is 24.3 Å². The third kappa shape index (κ3) is 2.89. The minimum atomic E-state index is -0.198. The summed E-state index contributed by atoms with van der Waals surface area (Å²) in [4.78, 5) is 0. The van der Waals surface area contributed by atoms with Crippen LogP contribution in [0.2, 0.25) is 0 Å². The highest BCUT2D eigenvalue weighted by Crippen LogP contribution is 2.08. The lowest BCUT2D eigenvalue weighted by atomic mass is 10.1. The van der Waals surface area contributed by atoms with Crippen LogP contribution in [0.4, 0.5) is 4.39 Å². The van der Waals surface area contributed by atoms with Gasteiger partial charge < -0.3 is 0 Å². The van der Waals surface area contributed by atoms with Crippen LogP contribution < -0.4 is 0 Å². The first kappa shape index (κ1) is 8.54. The molecule has 0 spiro atoms. The number of hydrogen-bond donors (Lipinski definition) is 0. The average molecular weight is 173 g/mol. The fraction of sp³-hybridized carbons (Fsp3) is 0.333. The van der Waals surface area contributed by atoms with Crippen molar-refractivity contribution in [3.63, 3.8) is 0 Å². The molecule has 1 atom stereocenters. The summed E-state index contributed by atoms with van der Waals surface area (Å²) in [6.45, 7) is 1.92. The summed E-state index contributed by atoms with van der Waals surface area (Å²) in [7, 11) is 0. The minimum Gasteiger partial charge on any atom is -0.207 e. The largest absolute Gasteiger partial charge is 0.207 e. The van der Waals surface area contributed by atoms with Gasteiger partial charge in [0.05, 0.1) is 0 Å². The smallest absolute Gasteiger partial charge is 0.123 e. The van der Waals surface area contributed by atoms with E-state index < -0.39 is 0 Å². The monoisotopic (exact) mass is 172 g/mol. The van der Waals surface area contributed by atoms with Gasteiger partial charge in [-0.2, -0.15) is 0 Å². The molecule has 1 aromatic rings. The lowest BCUT2D eigenvalue weighted by molar-refractivity contribution is 0.627. The van der Waals surface area contributed by atoms with Crippen molar-refractivity contribution >= 4 is 11.6 Å². The molecule has 0 unspecified atom stereocenters. The second kappa shape index (κ2) is 3.72. The Kier molecular flexibility index (Phi) is 2.89. The van der Waals surface area contributed by atoms with E-state index in [1.54, 1.807) is 12.1 Å². The summed E-state index contributed by atoms with van der Waals surface area (Å²) in [5.41, 5.74) is 1.08. The van der Waals surface area contributed by atoms with Crippen LogP contribution in [0.25, 0.3) is 0 Å². The van der Waals surface area contributed by atoms with Gasteiger partial charge in [0.15, 0.2) is 0 Å². The topological polar surface area (TPSA) is 0 Å². The van der Waals surface area contributed by atoms with Crippen molar-refractivity contribution in [2.75, 3.05) is 0 Å². The molecule has 60 valence electrons. The summed E-state index contributed by atoms with van der Waals surface area (Å²) in [5.74, 6) is -0.198. The van der Waals surface area contributed by atoms with E-state index in [9.17, 15) is 4.39 Å². The van der Waals surface area contributed by atoms with Crippen LogP contribution in [0, 0.1) is 5.82 Å². The number of rotatable bonds is 2. The van der Waals surface area contributed by atoms with Crippen LogP contribution in [-0.4, -0.2) is 5.38 Å². The fourth-order valence-corrected chi connectivity index (χ4v) is 1.12. The van der Waals surface area contributed by atoms with Crippen molar-refractivity contribution in [3.05, 3.63) is 35.6 Å². The van der Waals surface area contributed by atoms with Gasteiger partial charge in [-0.05, 0) is 31.0 Å². The molecule has 0 aliphatic rings. The van der Waals surface area contributed by atoms with Gasteiger partial charge in [-0.1, -0.05) is 12.1 Å². The van der Waals surface area contributed by atoms with E-state index in [1.807, 2.05) is 6.92 Å². The molecule has 0 radical (unpaired) electrons. The van der Waals surface area contributed by atoms with E-state index >= 15 is 0 Å². The van der Waals surface area contributed by atoms with Crippen molar-refractivity contribution in [2.24, 2.45) is 0 Å². The van der Waals surface area contributed by atoms with Gasteiger partial charge >= 0.3 is 0 Å². The van der Waals surface area contributed by atoms with Crippen LogP contribution in [0.3, 0.4) is 0 Å². The fourth-order valence-electron chi connectivity index (χ4n) is 0.945. The zero-order chi connectivity index (χ0) is 8.27. The third-order valence-electron chi connectivity index (χ3n) is 1.43. The highest BCUT2D eigenvalue weighted by Gasteiger charge is 1.98. The van der Waals surface area contributed by atoms with E-state index in [-0.39, 0.29) is 11.2 Å². The summed E-state index contributed by atoms with van der Waals surface area (Å²) in [5, 5.41) is 0.112. The number of benzene rings is 1. The molecule has 0 aromatic heterocycles. The maximum Gasteiger partial charge on any atom is 0.123 e. The van der Waals surface area contributed by atoms with E-state index in [2.05, 4.69) is 0 Å². The van der Waals surface area contributed by atoms with E-state index in [0.29, 0.717) is 0 Å². The first-order chi connectivity index (χ1) is 5.18. The maximum atomic E-state index is 12.4. The standard InChI is InChI=1S/C9H10ClF/c1-7(10)6-8-2-4-9(11)5-3-8/h2-5,7H,6H2,1H3/t7-/m1/s1. The highest BCUT2D eigenvalue weighted by molar-refractivity contribution is 6.20. The maximum absolute atomic E-state index is 12.4. The average Bonchev–Trinajstić information content (AvgIpc) is 1.93. The van der Waals surface area contributed by atoms with Crippen molar-refractivity contribution in [1.82, 2.24) is 0 Å². The number of hydrogen-bond acceptors (Lipinski definition) is 0. The quantitative estimate of drug-likeness (QED) is 0.602. The van der Waals surface area contributed by atoms with Gasteiger partial charge in [-0.25, -0.2) is 4.39 Å². The van der Waals surface area contributed by atoms with Crippen LogP contribution in [-0.2, 0) is 6.42 Å². The molecule has 0 saturated heterocycles. The second-order valence-electron chi connectivity index (χ2n) is 2.61. The highest BCUT2D eigenvalue weighted by atomic mass is 35.5. The van der Waals surface area contributed by atoms with Gasteiger partial charge in [0.1, 0.15) is 5.82 Å². The summed E-state index contributed by atoms with van der Waals surface area (Å²) in [6, 6.07) is 6.42. The molecule has 0 amide bonds. The molecule has 0 heterocycles. The van der Waals surface area contributed by atoms with Gasteiger partial charge in [-0.3, -0.25) is 0 Å². The van der Waals surface area contributed by atoms with Crippen LogP contribution >= 0.6 is 11.6 Å². The lowest BCUT2D eigenvalue weighted by Gasteiger charge is -2.01. The van der Waals surface area contributed by atoms with E-state index in [0.717, 1.165) is 12.0 Å². The zero-order valence-corrected chi connectivity index (χ0v) is 7.11. The Morgan fingerprint density at radius 1 is 1.36 bits per heavy atom. The molecular weight excluding hydrogens is 163 g/mol. The molecule has 2 heteroatoms. The minimum absolute atomic E-state index is 0.112. The molecule has 1 aromatic carbocycles. The number of alkyl halides is 1. The van der Waals surface area contributed by atoms with Crippen LogP contribution in [0.1, 0.15) is 12.5 Å². The molecule has 0 fully saturated rings. The molecule has 1 rings (SSSR count). The Morgan fingerprint density at radius 3 is 2.36 bits per heavy atom. The Hall–Kier alpha value is -0.560. The Morgan fingerprint density at radius 2 is 1.91 bits per heavy atom. The van der Waals surface area contributed by atoms with Crippen LogP contribution in [0.5, 0.6) is 0 Å². The summed E-state index contributed by atoms with van der Waals surface area (Å²) in [6.07, 6.45) is 0.793. The Bertz CT molecular complexity index is 216. The second-order valence-corrected chi connectivity index (χ2v) is 3.36. The molecule has 0 bridgehead atoms. The van der Waals surface area contributed by atoms with Gasteiger partial charge in [0, 0.05) is 5.38 Å².